The molecule has 1 aromatic rings. The Balaban J connectivity index is 2.36. The fourth-order valence-corrected chi connectivity index (χ4v) is 2.74. The van der Waals surface area contributed by atoms with E-state index >= 15 is 0 Å². The number of ether oxygens (including phenoxy) is 1. The number of pyridine rings is 1. The molecule has 1 aromatic heterocycles. The van der Waals surface area contributed by atoms with Crippen LogP contribution in [0.4, 0.5) is 0 Å². The highest BCUT2D eigenvalue weighted by Crippen LogP contribution is 2.37. The predicted molar refractivity (Wildman–Crippen MR) is 74.5 cm³/mol. The molecule has 0 aromatic carbocycles. The van der Waals surface area contributed by atoms with E-state index in [4.69, 9.17) is 19.6 Å². The molecule has 4 atom stereocenters. The van der Waals surface area contributed by atoms with Crippen molar-refractivity contribution in [1.29, 1.82) is 0 Å². The zero-order chi connectivity index (χ0) is 18.9. The molecule has 0 spiro atoms. The van der Waals surface area contributed by atoms with Crippen LogP contribution >= 0.6 is 7.82 Å². The van der Waals surface area contributed by atoms with Crippen LogP contribution in [0.2, 0.25) is 0 Å². The minimum absolute atomic E-state index is 0.574. The van der Waals surface area contributed by atoms with Gasteiger partial charge in [0, 0.05) is 6.07 Å². The Kier molecular flexibility index (Phi) is 5.54. The number of rotatable bonds is 6. The molecule has 1 fully saturated rings. The first-order valence-electron chi connectivity index (χ1n) is 6.75. The Labute approximate surface area is 139 Å². The fourth-order valence-electron chi connectivity index (χ4n) is 2.40. The zero-order valence-electron chi connectivity index (χ0n) is 12.4. The molecule has 2 rings (SSSR count). The highest BCUT2D eigenvalue weighted by Gasteiger charge is 2.50. The van der Waals surface area contributed by atoms with Crippen molar-refractivity contribution in [1.82, 2.24) is 0 Å². The van der Waals surface area contributed by atoms with Crippen molar-refractivity contribution in [2.75, 3.05) is 6.61 Å². The lowest BCUT2D eigenvalue weighted by atomic mass is 10.1. The number of aliphatic hydroxyl groups excluding tert-OH is 2. The Bertz CT molecular complexity index is 732. The van der Waals surface area contributed by atoms with Crippen LogP contribution in [0.25, 0.3) is 0 Å². The van der Waals surface area contributed by atoms with Gasteiger partial charge in [-0.05, 0) is 6.07 Å². The molecule has 4 unspecified atom stereocenters. The van der Waals surface area contributed by atoms with Gasteiger partial charge in [-0.25, -0.2) is 14.2 Å². The van der Waals surface area contributed by atoms with Gasteiger partial charge in [0.2, 0.25) is 0 Å². The van der Waals surface area contributed by atoms with Gasteiger partial charge < -0.3 is 34.9 Å². The number of aliphatic hydroxyl groups is 2. The molecule has 2 heterocycles. The van der Waals surface area contributed by atoms with Gasteiger partial charge in [0.05, 0.1) is 6.61 Å². The van der Waals surface area contributed by atoms with E-state index in [0.29, 0.717) is 0 Å². The van der Waals surface area contributed by atoms with Crippen molar-refractivity contribution >= 4 is 19.8 Å². The highest BCUT2D eigenvalue weighted by molar-refractivity contribution is 7.46. The lowest BCUT2D eigenvalue weighted by molar-refractivity contribution is -0.767. The number of hydrogen-bond acceptors (Lipinski definition) is 7. The van der Waals surface area contributed by atoms with Crippen LogP contribution in [-0.4, -0.2) is 67.1 Å². The predicted octanol–water partition coefficient (Wildman–Crippen LogP) is -1.90. The lowest BCUT2D eigenvalue weighted by Crippen LogP contribution is -2.51. The van der Waals surface area contributed by atoms with E-state index in [-0.39, 0.29) is 0 Å². The number of nitrogens with zero attached hydrogens (tertiary/aromatic N) is 1. The lowest BCUT2D eigenvalue weighted by Gasteiger charge is -2.13. The van der Waals surface area contributed by atoms with Gasteiger partial charge in [-0.2, -0.15) is 4.57 Å². The van der Waals surface area contributed by atoms with Crippen LogP contribution in [0.1, 0.15) is 27.1 Å². The fraction of sp³-hybridized carbons (Fsp3) is 0.417. The maximum absolute atomic E-state index is 11.4. The molecule has 0 amide bonds. The van der Waals surface area contributed by atoms with Gasteiger partial charge >= 0.3 is 25.5 Å². The molecule has 138 valence electrons. The van der Waals surface area contributed by atoms with Crippen LogP contribution in [-0.2, 0) is 13.8 Å². The van der Waals surface area contributed by atoms with Crippen LogP contribution < -0.4 is 4.57 Å². The summed E-state index contributed by atoms with van der Waals surface area (Å²) >= 11 is 0. The number of carbonyl (C=O) groups is 2. The van der Waals surface area contributed by atoms with Crippen molar-refractivity contribution in [2.45, 2.75) is 24.5 Å². The Morgan fingerprint density at radius 1 is 1.20 bits per heavy atom. The van der Waals surface area contributed by atoms with Gasteiger partial charge in [0.25, 0.3) is 6.23 Å². The van der Waals surface area contributed by atoms with E-state index in [0.717, 1.165) is 16.8 Å². The maximum atomic E-state index is 11.4. The second-order valence-corrected chi connectivity index (χ2v) is 6.36. The first-order chi connectivity index (χ1) is 11.5. The number of phosphoric acid groups is 1. The second-order valence-electron chi connectivity index (χ2n) is 5.12. The third-order valence-electron chi connectivity index (χ3n) is 3.47. The van der Waals surface area contributed by atoms with Crippen molar-refractivity contribution in [3.8, 4) is 0 Å². The monoisotopic (exact) mass is 380 g/mol. The number of aromatic nitrogens is 1. The number of phosphoric ester groups is 1. The quantitative estimate of drug-likeness (QED) is 0.238. The molecular formula is C12H15NO11P+. The molecule has 12 nitrogen and oxygen atoms in total. The highest BCUT2D eigenvalue weighted by atomic mass is 31.2. The van der Waals surface area contributed by atoms with E-state index < -0.39 is 62.2 Å². The Morgan fingerprint density at radius 2 is 1.84 bits per heavy atom. The number of carboxylic acids is 2. The minimum atomic E-state index is -4.85. The standard InChI is InChI=1S/C12H14NO11P/c14-8-6(4-23-25(20,21)22)24-10(9(8)15)13-3-1-2-5(11(16)17)7(13)12(18)19/h1-3,6,8-10,14-15H,4H2,(H3-,16,17,18,19,20,21,22)/p+1. The van der Waals surface area contributed by atoms with E-state index in [1.165, 1.54) is 6.07 Å². The summed E-state index contributed by atoms with van der Waals surface area (Å²) in [5, 5.41) is 38.3. The molecular weight excluding hydrogens is 365 g/mol. The summed E-state index contributed by atoms with van der Waals surface area (Å²) in [5.74, 6) is -3.14. The molecule has 0 radical (unpaired) electrons. The molecule has 1 aliphatic rings. The summed E-state index contributed by atoms with van der Waals surface area (Å²) in [6.07, 6.45) is -5.11. The van der Waals surface area contributed by atoms with Crippen LogP contribution in [0.15, 0.2) is 18.3 Å². The zero-order valence-corrected chi connectivity index (χ0v) is 13.3. The maximum Gasteiger partial charge on any atom is 0.469 e. The second kappa shape index (κ2) is 7.14. The van der Waals surface area contributed by atoms with E-state index in [2.05, 4.69) is 4.52 Å². The topological polar surface area (TPSA) is 195 Å². The van der Waals surface area contributed by atoms with E-state index in [9.17, 15) is 29.5 Å². The number of carboxylic acid groups (broad SMARTS) is 2. The average molecular weight is 380 g/mol. The van der Waals surface area contributed by atoms with Crippen molar-refractivity contribution in [2.24, 2.45) is 0 Å². The van der Waals surface area contributed by atoms with Crippen LogP contribution in [0.3, 0.4) is 0 Å². The minimum Gasteiger partial charge on any atom is -0.477 e. The molecule has 6 N–H and O–H groups in total. The molecule has 25 heavy (non-hydrogen) atoms. The van der Waals surface area contributed by atoms with Gasteiger partial charge in [-0.1, -0.05) is 0 Å². The molecule has 0 saturated carbocycles. The third kappa shape index (κ3) is 4.19. The van der Waals surface area contributed by atoms with Gasteiger partial charge in [-0.15, -0.1) is 0 Å². The molecule has 13 heteroatoms. The van der Waals surface area contributed by atoms with Crippen molar-refractivity contribution in [3.05, 3.63) is 29.6 Å². The third-order valence-corrected chi connectivity index (χ3v) is 3.96. The first-order valence-corrected chi connectivity index (χ1v) is 8.28. The van der Waals surface area contributed by atoms with Crippen LogP contribution in [0.5, 0.6) is 0 Å². The first kappa shape index (κ1) is 19.4. The Hall–Kier alpha value is -1.92. The molecule has 1 aliphatic heterocycles. The summed E-state index contributed by atoms with van der Waals surface area (Å²) in [6.45, 7) is -0.777. The number of hydrogen-bond donors (Lipinski definition) is 6. The van der Waals surface area contributed by atoms with Crippen LogP contribution in [0, 0.1) is 0 Å². The summed E-state index contributed by atoms with van der Waals surface area (Å²) < 4.78 is 21.0. The molecule has 1 saturated heterocycles. The molecule has 0 aliphatic carbocycles. The number of aromatic carboxylic acids is 2. The van der Waals surface area contributed by atoms with E-state index in [1.54, 1.807) is 0 Å². The average Bonchev–Trinajstić information content (AvgIpc) is 2.79. The summed E-state index contributed by atoms with van der Waals surface area (Å²) in [6, 6.07) is 2.24. The largest absolute Gasteiger partial charge is 0.477 e. The molecule has 0 bridgehead atoms. The summed E-state index contributed by atoms with van der Waals surface area (Å²) in [4.78, 5) is 39.9. The van der Waals surface area contributed by atoms with E-state index in [1.807, 2.05) is 0 Å². The normalized spacial score (nSPS) is 26.6. The summed E-state index contributed by atoms with van der Waals surface area (Å²) in [7, 11) is -4.85. The summed E-state index contributed by atoms with van der Waals surface area (Å²) in [5.41, 5.74) is -1.28. The smallest absolute Gasteiger partial charge is 0.469 e. The van der Waals surface area contributed by atoms with Crippen molar-refractivity contribution in [3.63, 3.8) is 0 Å². The van der Waals surface area contributed by atoms with Gasteiger partial charge in [0.1, 0.15) is 17.8 Å². The van der Waals surface area contributed by atoms with Crippen molar-refractivity contribution < 1.29 is 58.2 Å². The van der Waals surface area contributed by atoms with Gasteiger partial charge in [0.15, 0.2) is 12.3 Å². The SMILES string of the molecule is O=C(O)c1ccc[n+](C2OC(COP(=O)(O)O)C(O)C2O)c1C(=O)O. The van der Waals surface area contributed by atoms with Gasteiger partial charge in [-0.3, -0.25) is 4.52 Å². The Morgan fingerprint density at radius 3 is 2.36 bits per heavy atom.